The van der Waals surface area contributed by atoms with E-state index >= 15 is 0 Å². The summed E-state index contributed by atoms with van der Waals surface area (Å²) in [5.74, 6) is 0. The van der Waals surface area contributed by atoms with E-state index < -0.39 is 21.8 Å². The van der Waals surface area contributed by atoms with E-state index in [-0.39, 0.29) is 52.8 Å². The summed E-state index contributed by atoms with van der Waals surface area (Å²) in [4.78, 5) is 0. The fraction of sp³-hybridized carbons (Fsp3) is 1.00. The molecule has 0 aromatic carbocycles. The molecule has 0 spiro atoms. The van der Waals surface area contributed by atoms with Crippen LogP contribution in [0.15, 0.2) is 0 Å². The molecule has 0 bridgehead atoms. The molecule has 0 aromatic heterocycles. The van der Waals surface area contributed by atoms with Crippen LogP contribution in [-0.2, 0) is 0 Å². The predicted molar refractivity (Wildman–Crippen MR) is 52.3 cm³/mol. The van der Waals surface area contributed by atoms with E-state index in [0.29, 0.717) is 0 Å². The van der Waals surface area contributed by atoms with E-state index in [9.17, 15) is 51.8 Å². The Morgan fingerprint density at radius 3 is 0.550 bits per heavy atom. The van der Waals surface area contributed by atoms with Gasteiger partial charge in [0, 0.05) is 0 Å². The Hall–Kier alpha value is 0.991. The normalized spacial score (nSPS) is 10.5. The van der Waals surface area contributed by atoms with Gasteiger partial charge in [-0.2, -0.15) is 0 Å². The fourth-order valence-corrected chi connectivity index (χ4v) is 0. The van der Waals surface area contributed by atoms with E-state index in [2.05, 4.69) is 13.8 Å². The number of unbranched alkanes of at least 4 members (excludes halogenated alkanes) is 1. The van der Waals surface area contributed by atoms with Gasteiger partial charge in [0.15, 0.2) is 0 Å². The zero-order valence-electron chi connectivity index (χ0n) is 11.7. The molecule has 16 heteroatoms. The predicted octanol–water partition coefficient (Wildman–Crippen LogP) is 2.82. The molecular formula is C4H11B3F12K-3. The maximum atomic E-state index is 9.75. The first kappa shape index (κ1) is 32.8. The van der Waals surface area contributed by atoms with E-state index in [1.807, 2.05) is 0 Å². The Bertz CT molecular complexity index is 132. The second kappa shape index (κ2) is 16.4. The standard InChI is InChI=1S/C4H10.3BF4.K.H/c1-3-4-2;3*2-1(3,4)5;;/h3-4H2,1-2H3;;;;;/q;3*-1;+1;-1. The molecule has 0 aromatic rings. The van der Waals surface area contributed by atoms with Crippen LogP contribution in [0.4, 0.5) is 51.8 Å². The molecule has 0 amide bonds. The third-order valence-corrected chi connectivity index (χ3v) is 0.500. The van der Waals surface area contributed by atoms with Gasteiger partial charge in [0.1, 0.15) is 0 Å². The van der Waals surface area contributed by atoms with Gasteiger partial charge < -0.3 is 53.2 Å². The zero-order valence-corrected chi connectivity index (χ0v) is 13.8. The van der Waals surface area contributed by atoms with Crippen molar-refractivity contribution in [1.82, 2.24) is 0 Å². The minimum atomic E-state index is -6.00. The first-order valence-corrected chi connectivity index (χ1v) is 4.53. The maximum absolute atomic E-state index is 9.75. The summed E-state index contributed by atoms with van der Waals surface area (Å²) in [5, 5.41) is 0. The average Bonchev–Trinajstić information content (AvgIpc) is 1.93. The Morgan fingerprint density at radius 2 is 0.550 bits per heavy atom. The van der Waals surface area contributed by atoms with E-state index in [0.717, 1.165) is 0 Å². The minimum Gasteiger partial charge on any atom is -1.00 e. The van der Waals surface area contributed by atoms with Gasteiger partial charge in [-0.25, -0.2) is 0 Å². The van der Waals surface area contributed by atoms with Crippen LogP contribution < -0.4 is 51.4 Å². The molecule has 0 aliphatic rings. The van der Waals surface area contributed by atoms with Crippen LogP contribution in [-0.4, -0.2) is 21.8 Å². The van der Waals surface area contributed by atoms with Gasteiger partial charge >= 0.3 is 73.1 Å². The number of halogens is 12. The molecule has 0 atom stereocenters. The van der Waals surface area contributed by atoms with Crippen LogP contribution in [0.2, 0.25) is 0 Å². The fourth-order valence-electron chi connectivity index (χ4n) is 0. The van der Waals surface area contributed by atoms with Crippen LogP contribution >= 0.6 is 0 Å². The third-order valence-electron chi connectivity index (χ3n) is 0.500. The molecular weight excluding hydrogens is 348 g/mol. The maximum Gasteiger partial charge on any atom is 1.00 e. The monoisotopic (exact) mass is 359 g/mol. The molecule has 124 valence electrons. The molecule has 0 N–H and O–H groups in total. The van der Waals surface area contributed by atoms with Crippen molar-refractivity contribution >= 4 is 21.8 Å². The summed E-state index contributed by atoms with van der Waals surface area (Å²) in [5.41, 5.74) is 0. The van der Waals surface area contributed by atoms with Crippen LogP contribution in [0.1, 0.15) is 28.1 Å². The molecule has 0 rings (SSSR count). The van der Waals surface area contributed by atoms with Crippen molar-refractivity contribution in [1.29, 1.82) is 0 Å². The van der Waals surface area contributed by atoms with Gasteiger partial charge in [0.25, 0.3) is 0 Å². The summed E-state index contributed by atoms with van der Waals surface area (Å²) >= 11 is 0. The quantitative estimate of drug-likeness (QED) is 0.499. The molecule has 0 aliphatic carbocycles. The van der Waals surface area contributed by atoms with Crippen molar-refractivity contribution in [2.24, 2.45) is 0 Å². The molecule has 0 saturated carbocycles. The second-order valence-electron chi connectivity index (χ2n) is 2.48. The molecule has 0 saturated heterocycles. The summed E-state index contributed by atoms with van der Waals surface area (Å²) in [6, 6.07) is 0. The third kappa shape index (κ3) is 1550. The van der Waals surface area contributed by atoms with Crippen molar-refractivity contribution in [3.63, 3.8) is 0 Å². The molecule has 0 radical (unpaired) electrons. The summed E-state index contributed by atoms with van der Waals surface area (Å²) in [7, 11) is -18.0. The first-order valence-electron chi connectivity index (χ1n) is 4.53. The van der Waals surface area contributed by atoms with Gasteiger partial charge in [0.2, 0.25) is 0 Å². The van der Waals surface area contributed by atoms with Crippen molar-refractivity contribution in [3.05, 3.63) is 0 Å². The number of rotatable bonds is 1. The molecule has 0 unspecified atom stereocenters. The van der Waals surface area contributed by atoms with Crippen molar-refractivity contribution in [3.8, 4) is 0 Å². The molecule has 20 heavy (non-hydrogen) atoms. The molecule has 0 nitrogen and oxygen atoms in total. The van der Waals surface area contributed by atoms with Gasteiger partial charge in [-0.05, 0) is 0 Å². The van der Waals surface area contributed by atoms with Crippen molar-refractivity contribution in [2.75, 3.05) is 0 Å². The van der Waals surface area contributed by atoms with Crippen LogP contribution in [0, 0.1) is 0 Å². The minimum absolute atomic E-state index is 0. The summed E-state index contributed by atoms with van der Waals surface area (Å²) in [6.07, 6.45) is 2.64. The Labute approximate surface area is 152 Å². The van der Waals surface area contributed by atoms with E-state index in [4.69, 9.17) is 0 Å². The SMILES string of the molecule is CCCC.F[B-](F)(F)F.F[B-](F)(F)F.F[B-](F)(F)F.[H-].[K+]. The average molecular weight is 359 g/mol. The van der Waals surface area contributed by atoms with Crippen LogP contribution in [0.5, 0.6) is 0 Å². The smallest absolute Gasteiger partial charge is 1.00 e. The van der Waals surface area contributed by atoms with Gasteiger partial charge in [0.05, 0.1) is 0 Å². The molecule has 0 fully saturated rings. The largest absolute Gasteiger partial charge is 1.00 e. The Kier molecular flexibility index (Phi) is 26.8. The number of hydrogen-bond donors (Lipinski definition) is 0. The van der Waals surface area contributed by atoms with E-state index in [1.54, 1.807) is 0 Å². The van der Waals surface area contributed by atoms with Crippen molar-refractivity contribution in [2.45, 2.75) is 26.7 Å². The van der Waals surface area contributed by atoms with Crippen LogP contribution in [0.3, 0.4) is 0 Å². The zero-order chi connectivity index (χ0) is 16.9. The molecule has 0 aliphatic heterocycles. The topological polar surface area (TPSA) is 0 Å². The summed E-state index contributed by atoms with van der Waals surface area (Å²) < 4.78 is 117. The Morgan fingerprint density at radius 1 is 0.500 bits per heavy atom. The number of hydrogen-bond acceptors (Lipinski definition) is 0. The van der Waals surface area contributed by atoms with Gasteiger partial charge in [-0.1, -0.05) is 26.7 Å². The molecule has 0 heterocycles. The second-order valence-corrected chi connectivity index (χ2v) is 2.48. The first-order chi connectivity index (χ1) is 7.91. The Balaban J connectivity index is -0.0000000347. The van der Waals surface area contributed by atoms with E-state index in [1.165, 1.54) is 12.8 Å². The van der Waals surface area contributed by atoms with Crippen LogP contribution in [0.25, 0.3) is 0 Å². The van der Waals surface area contributed by atoms with Gasteiger partial charge in [-0.15, -0.1) is 0 Å². The summed E-state index contributed by atoms with van der Waals surface area (Å²) in [6.45, 7) is 4.36. The van der Waals surface area contributed by atoms with Gasteiger partial charge in [-0.3, -0.25) is 0 Å². The van der Waals surface area contributed by atoms with Crippen molar-refractivity contribution < 1.29 is 105 Å².